The molecule has 1 aromatic heterocycles. The maximum atomic E-state index is 13.6. The summed E-state index contributed by atoms with van der Waals surface area (Å²) in [5.41, 5.74) is 0.975. The van der Waals surface area contributed by atoms with Gasteiger partial charge in [-0.3, -0.25) is 9.80 Å². The van der Waals surface area contributed by atoms with Crippen LogP contribution in [-0.2, 0) is 5.72 Å². The molecule has 2 amide bonds. The molecule has 0 saturated carbocycles. The summed E-state index contributed by atoms with van der Waals surface area (Å²) in [5.74, 6) is 0. The van der Waals surface area contributed by atoms with Crippen molar-refractivity contribution < 1.29 is 9.90 Å². The summed E-state index contributed by atoms with van der Waals surface area (Å²) in [5, 5.41) is 13.9. The Kier molecular flexibility index (Phi) is 5.12. The second-order valence-electron chi connectivity index (χ2n) is 6.83. The Labute approximate surface area is 184 Å². The molecule has 2 atom stereocenters. The Hall–Kier alpha value is -1.67. The maximum Gasteiger partial charge on any atom is 0.332 e. The largest absolute Gasteiger partial charge is 0.364 e. The number of aryl methyl sites for hydroxylation is 1. The average molecular weight is 522 g/mol. The van der Waals surface area contributed by atoms with Gasteiger partial charge in [-0.25, -0.2) is 4.79 Å². The number of aliphatic hydroxyl groups is 1. The average Bonchev–Trinajstić information content (AvgIpc) is 3.19. The van der Waals surface area contributed by atoms with Crippen LogP contribution in [-0.4, -0.2) is 17.2 Å². The van der Waals surface area contributed by atoms with E-state index in [1.54, 1.807) is 4.90 Å². The van der Waals surface area contributed by atoms with Gasteiger partial charge in [-0.05, 0) is 79.4 Å². The number of thiophene rings is 1. The molecule has 28 heavy (non-hydrogen) atoms. The first-order valence-corrected chi connectivity index (χ1v) is 11.2. The van der Waals surface area contributed by atoms with Crippen LogP contribution in [0.1, 0.15) is 17.4 Å². The minimum Gasteiger partial charge on any atom is -0.364 e. The first-order valence-electron chi connectivity index (χ1n) is 8.75. The van der Waals surface area contributed by atoms with Crippen molar-refractivity contribution in [3.05, 3.63) is 79.4 Å². The lowest BCUT2D eigenvalue weighted by Crippen LogP contribution is -2.47. The molecule has 2 heterocycles. The molecule has 1 aliphatic heterocycles. The van der Waals surface area contributed by atoms with Gasteiger partial charge < -0.3 is 5.11 Å². The molecular formula is C21H18Br2N2O2S. The van der Waals surface area contributed by atoms with E-state index in [1.165, 1.54) is 16.2 Å². The number of halogens is 2. The van der Waals surface area contributed by atoms with E-state index in [2.05, 4.69) is 31.9 Å². The number of anilines is 2. The number of rotatable bonds is 3. The fraction of sp³-hybridized carbons (Fsp3) is 0.190. The number of nitrogens with zero attached hydrogens (tertiary/aromatic N) is 2. The molecular weight excluding hydrogens is 504 g/mol. The lowest BCUT2D eigenvalue weighted by molar-refractivity contribution is 0.0409. The molecule has 1 N–H and O–H groups in total. The molecule has 1 saturated heterocycles. The van der Waals surface area contributed by atoms with Gasteiger partial charge in [0.1, 0.15) is 0 Å². The van der Waals surface area contributed by atoms with Crippen molar-refractivity contribution in [1.82, 2.24) is 0 Å². The molecule has 0 bridgehead atoms. The topological polar surface area (TPSA) is 43.8 Å². The summed E-state index contributed by atoms with van der Waals surface area (Å²) >= 11 is 8.34. The molecule has 1 fully saturated rings. The molecule has 4 nitrogen and oxygen atoms in total. The van der Waals surface area contributed by atoms with Crippen molar-refractivity contribution in [2.24, 2.45) is 0 Å². The predicted molar refractivity (Wildman–Crippen MR) is 121 cm³/mol. The van der Waals surface area contributed by atoms with Crippen LogP contribution in [0.5, 0.6) is 0 Å². The van der Waals surface area contributed by atoms with Crippen LogP contribution in [0.15, 0.2) is 68.9 Å². The number of carbonyl (C=O) groups excluding carboxylic acids is 1. The van der Waals surface area contributed by atoms with Crippen LogP contribution in [0.3, 0.4) is 0 Å². The minimum absolute atomic E-state index is 0.259. The molecule has 144 valence electrons. The zero-order valence-electron chi connectivity index (χ0n) is 15.3. The van der Waals surface area contributed by atoms with Crippen LogP contribution in [0.4, 0.5) is 16.2 Å². The van der Waals surface area contributed by atoms with E-state index in [0.29, 0.717) is 5.69 Å². The predicted octanol–water partition coefficient (Wildman–Crippen LogP) is 6.26. The quantitative estimate of drug-likeness (QED) is 0.442. The van der Waals surface area contributed by atoms with Gasteiger partial charge in [-0.1, -0.05) is 31.9 Å². The van der Waals surface area contributed by atoms with Crippen LogP contribution >= 0.6 is 43.2 Å². The number of carbonyl (C=O) groups is 1. The Balaban J connectivity index is 1.88. The number of hydrogen-bond donors (Lipinski definition) is 1. The van der Waals surface area contributed by atoms with Gasteiger partial charge in [-0.15, -0.1) is 11.3 Å². The molecule has 0 spiro atoms. The normalized spacial score (nSPS) is 22.2. The number of benzene rings is 2. The third-order valence-corrected chi connectivity index (χ3v) is 7.21. The SMILES string of the molecule is Cc1csc(C2(O)C(C)N(c3ccc(Br)cc3)C(=O)N2c2ccc(Br)cc2)c1. The minimum atomic E-state index is -1.48. The summed E-state index contributed by atoms with van der Waals surface area (Å²) in [6.07, 6.45) is 0. The van der Waals surface area contributed by atoms with Crippen molar-refractivity contribution in [3.63, 3.8) is 0 Å². The molecule has 2 aromatic carbocycles. The third-order valence-electron chi connectivity index (χ3n) is 4.99. The Morgan fingerprint density at radius 2 is 1.54 bits per heavy atom. The first-order chi connectivity index (χ1) is 13.3. The molecule has 0 aliphatic carbocycles. The van der Waals surface area contributed by atoms with Crippen LogP contribution < -0.4 is 9.80 Å². The smallest absolute Gasteiger partial charge is 0.332 e. The van der Waals surface area contributed by atoms with E-state index in [0.717, 1.165) is 25.1 Å². The zero-order chi connectivity index (χ0) is 20.1. The van der Waals surface area contributed by atoms with E-state index in [1.807, 2.05) is 73.8 Å². The molecule has 7 heteroatoms. The lowest BCUT2D eigenvalue weighted by atomic mass is 10.0. The Morgan fingerprint density at radius 1 is 1.00 bits per heavy atom. The van der Waals surface area contributed by atoms with Crippen molar-refractivity contribution in [2.75, 3.05) is 9.80 Å². The summed E-state index contributed by atoms with van der Waals surface area (Å²) in [4.78, 5) is 17.5. The second kappa shape index (κ2) is 7.30. The van der Waals surface area contributed by atoms with Crippen molar-refractivity contribution >= 4 is 60.6 Å². The number of amides is 2. The zero-order valence-corrected chi connectivity index (χ0v) is 19.3. The van der Waals surface area contributed by atoms with Gasteiger partial charge >= 0.3 is 6.03 Å². The van der Waals surface area contributed by atoms with E-state index in [-0.39, 0.29) is 6.03 Å². The van der Waals surface area contributed by atoms with Crippen LogP contribution in [0, 0.1) is 6.92 Å². The summed E-state index contributed by atoms with van der Waals surface area (Å²) in [7, 11) is 0. The Bertz CT molecular complexity index is 1020. The molecule has 1 aliphatic rings. The summed E-state index contributed by atoms with van der Waals surface area (Å²) in [6.45, 7) is 3.87. The highest BCUT2D eigenvalue weighted by Gasteiger charge is 2.57. The fourth-order valence-corrected chi connectivity index (χ4v) is 5.16. The second-order valence-corrected chi connectivity index (χ2v) is 9.57. The highest BCUT2D eigenvalue weighted by Crippen LogP contribution is 2.46. The summed E-state index contributed by atoms with van der Waals surface area (Å²) < 4.78 is 1.85. The van der Waals surface area contributed by atoms with Crippen molar-refractivity contribution in [1.29, 1.82) is 0 Å². The third kappa shape index (κ3) is 3.10. The van der Waals surface area contributed by atoms with Crippen LogP contribution in [0.25, 0.3) is 0 Å². The monoisotopic (exact) mass is 520 g/mol. The standard InChI is InChI=1S/C21H18Br2N2O2S/c1-13-11-19(28-12-13)21(27)14(2)24(17-7-3-15(22)4-8-17)20(26)25(21)18-9-5-16(23)6-10-18/h3-12,14,27H,1-2H3. The van der Waals surface area contributed by atoms with Gasteiger partial charge in [0.05, 0.1) is 10.9 Å². The van der Waals surface area contributed by atoms with Gasteiger partial charge in [0.2, 0.25) is 5.72 Å². The van der Waals surface area contributed by atoms with Gasteiger partial charge in [0.25, 0.3) is 0 Å². The molecule has 0 radical (unpaired) electrons. The molecule has 4 rings (SSSR count). The number of urea groups is 1. The first kappa shape index (κ1) is 19.6. The van der Waals surface area contributed by atoms with Crippen molar-refractivity contribution in [3.8, 4) is 0 Å². The molecule has 2 unspecified atom stereocenters. The van der Waals surface area contributed by atoms with Crippen molar-refractivity contribution in [2.45, 2.75) is 25.6 Å². The Morgan fingerprint density at radius 3 is 2.04 bits per heavy atom. The van der Waals surface area contributed by atoms with E-state index >= 15 is 0 Å². The van der Waals surface area contributed by atoms with E-state index < -0.39 is 11.8 Å². The lowest BCUT2D eigenvalue weighted by Gasteiger charge is -2.34. The maximum absolute atomic E-state index is 13.6. The fourth-order valence-electron chi connectivity index (χ4n) is 3.56. The van der Waals surface area contributed by atoms with E-state index in [4.69, 9.17) is 0 Å². The van der Waals surface area contributed by atoms with Crippen LogP contribution in [0.2, 0.25) is 0 Å². The molecule has 3 aromatic rings. The van der Waals surface area contributed by atoms with Gasteiger partial charge in [-0.2, -0.15) is 0 Å². The van der Waals surface area contributed by atoms with Gasteiger partial charge in [0, 0.05) is 20.3 Å². The highest BCUT2D eigenvalue weighted by atomic mass is 79.9. The van der Waals surface area contributed by atoms with E-state index in [9.17, 15) is 9.90 Å². The highest BCUT2D eigenvalue weighted by molar-refractivity contribution is 9.10. The van der Waals surface area contributed by atoms with Gasteiger partial charge in [0.15, 0.2) is 0 Å². The summed E-state index contributed by atoms with van der Waals surface area (Å²) in [6, 6.07) is 16.2. The number of hydrogen-bond acceptors (Lipinski definition) is 3.